The Labute approximate surface area is 131 Å². The zero-order valence-electron chi connectivity index (χ0n) is 13.1. The highest BCUT2D eigenvalue weighted by Crippen LogP contribution is 2.12. The van der Waals surface area contributed by atoms with Crippen LogP contribution in [0.4, 0.5) is 0 Å². The molecule has 1 heterocycles. The van der Waals surface area contributed by atoms with Gasteiger partial charge in [-0.3, -0.25) is 9.59 Å². The minimum Gasteiger partial charge on any atom is -0.497 e. The van der Waals surface area contributed by atoms with E-state index >= 15 is 0 Å². The molecule has 1 N–H and O–H groups in total. The molecule has 1 aliphatic heterocycles. The molecule has 0 unspecified atom stereocenters. The normalized spacial score (nSPS) is 14.5. The van der Waals surface area contributed by atoms with Crippen LogP contribution < -0.4 is 10.1 Å². The maximum atomic E-state index is 12.0. The quantitative estimate of drug-likeness (QED) is 0.815. The van der Waals surface area contributed by atoms with Crippen molar-refractivity contribution in [1.29, 1.82) is 0 Å². The molecule has 5 nitrogen and oxygen atoms in total. The van der Waals surface area contributed by atoms with Crippen LogP contribution in [-0.2, 0) is 16.0 Å². The van der Waals surface area contributed by atoms with Crippen molar-refractivity contribution in [2.45, 2.75) is 32.1 Å². The fraction of sp³-hybridized carbons (Fsp3) is 0.529. The lowest BCUT2D eigenvalue weighted by Gasteiger charge is -2.26. The van der Waals surface area contributed by atoms with Crippen LogP contribution in [0.3, 0.4) is 0 Å². The fourth-order valence-corrected chi connectivity index (χ4v) is 2.63. The lowest BCUT2D eigenvalue weighted by Crippen LogP contribution is -2.39. The van der Waals surface area contributed by atoms with Crippen LogP contribution in [0, 0.1) is 0 Å². The summed E-state index contributed by atoms with van der Waals surface area (Å²) in [5.74, 6) is 0.557. The Morgan fingerprint density at radius 2 is 2.00 bits per heavy atom. The highest BCUT2D eigenvalue weighted by atomic mass is 16.5. The molecular formula is C17H24N2O3. The maximum absolute atomic E-state index is 12.0. The monoisotopic (exact) mass is 304 g/mol. The van der Waals surface area contributed by atoms with Gasteiger partial charge in [-0.05, 0) is 43.4 Å². The van der Waals surface area contributed by atoms with Crippen LogP contribution in [0.25, 0.3) is 0 Å². The summed E-state index contributed by atoms with van der Waals surface area (Å²) in [5, 5.41) is 2.81. The van der Waals surface area contributed by atoms with Crippen molar-refractivity contribution in [3.05, 3.63) is 29.8 Å². The summed E-state index contributed by atoms with van der Waals surface area (Å²) < 4.78 is 5.16. The van der Waals surface area contributed by atoms with E-state index in [0.717, 1.165) is 43.7 Å². The maximum Gasteiger partial charge on any atom is 0.232 e. The molecule has 0 radical (unpaired) electrons. The van der Waals surface area contributed by atoms with E-state index in [1.165, 1.54) is 6.42 Å². The number of nitrogens with one attached hydrogen (secondary N) is 1. The number of amides is 2. The average Bonchev–Trinajstić information content (AvgIpc) is 2.56. The number of likely N-dealkylation sites (tertiary alicyclic amines) is 1. The van der Waals surface area contributed by atoms with Crippen LogP contribution in [0.2, 0.25) is 0 Å². The Morgan fingerprint density at radius 1 is 1.23 bits per heavy atom. The van der Waals surface area contributed by atoms with Gasteiger partial charge in [0, 0.05) is 19.6 Å². The smallest absolute Gasteiger partial charge is 0.232 e. The number of nitrogens with zero attached hydrogens (tertiary/aromatic N) is 1. The molecule has 1 aromatic carbocycles. The first-order valence-electron chi connectivity index (χ1n) is 7.86. The summed E-state index contributed by atoms with van der Waals surface area (Å²) in [5.41, 5.74) is 1.10. The van der Waals surface area contributed by atoms with Crippen LogP contribution in [0.1, 0.15) is 31.2 Å². The lowest BCUT2D eigenvalue weighted by molar-refractivity contribution is -0.136. The number of methoxy groups -OCH3 is 1. The summed E-state index contributed by atoms with van der Waals surface area (Å²) in [6.07, 6.45) is 3.95. The van der Waals surface area contributed by atoms with Gasteiger partial charge in [0.1, 0.15) is 12.2 Å². The Morgan fingerprint density at radius 3 is 2.73 bits per heavy atom. The largest absolute Gasteiger partial charge is 0.497 e. The van der Waals surface area contributed by atoms with E-state index < -0.39 is 0 Å². The minimum atomic E-state index is -0.196. The van der Waals surface area contributed by atoms with E-state index in [-0.39, 0.29) is 18.2 Å². The highest BCUT2D eigenvalue weighted by Gasteiger charge is 2.18. The van der Waals surface area contributed by atoms with Crippen LogP contribution in [0.5, 0.6) is 5.75 Å². The number of hydrogen-bond donors (Lipinski definition) is 1. The topological polar surface area (TPSA) is 58.6 Å². The summed E-state index contributed by atoms with van der Waals surface area (Å²) in [6, 6.07) is 7.76. The van der Waals surface area contributed by atoms with Gasteiger partial charge < -0.3 is 15.0 Å². The van der Waals surface area contributed by atoms with E-state index in [1.807, 2.05) is 24.3 Å². The summed E-state index contributed by atoms with van der Waals surface area (Å²) >= 11 is 0. The van der Waals surface area contributed by atoms with Gasteiger partial charge in [0.15, 0.2) is 0 Å². The van der Waals surface area contributed by atoms with Gasteiger partial charge >= 0.3 is 0 Å². The standard InChI is InChI=1S/C17H24N2O3/c1-22-15-7-5-6-14(12-15)8-9-18-16(20)13-17(21)19-10-3-2-4-11-19/h5-7,12H,2-4,8-11,13H2,1H3,(H,18,20). The average molecular weight is 304 g/mol. The molecule has 0 spiro atoms. The molecular weight excluding hydrogens is 280 g/mol. The van der Waals surface area contributed by atoms with Crippen molar-refractivity contribution >= 4 is 11.8 Å². The van der Waals surface area contributed by atoms with E-state index in [0.29, 0.717) is 6.54 Å². The lowest BCUT2D eigenvalue weighted by atomic mass is 10.1. The molecule has 0 saturated carbocycles. The van der Waals surface area contributed by atoms with E-state index in [1.54, 1.807) is 12.0 Å². The number of piperidine rings is 1. The summed E-state index contributed by atoms with van der Waals surface area (Å²) in [4.78, 5) is 25.6. The van der Waals surface area contributed by atoms with Crippen molar-refractivity contribution in [2.24, 2.45) is 0 Å². The number of rotatable bonds is 6. The highest BCUT2D eigenvalue weighted by molar-refractivity contribution is 5.96. The zero-order chi connectivity index (χ0) is 15.8. The predicted molar refractivity (Wildman–Crippen MR) is 84.8 cm³/mol. The SMILES string of the molecule is COc1cccc(CCNC(=O)CC(=O)N2CCCCC2)c1. The molecule has 0 bridgehead atoms. The van der Waals surface area contributed by atoms with Gasteiger partial charge in [0.25, 0.3) is 0 Å². The second-order valence-corrected chi connectivity index (χ2v) is 5.57. The van der Waals surface area contributed by atoms with Crippen molar-refractivity contribution < 1.29 is 14.3 Å². The molecule has 0 atom stereocenters. The Hall–Kier alpha value is -2.04. The van der Waals surface area contributed by atoms with Crippen LogP contribution in [-0.4, -0.2) is 43.5 Å². The number of ether oxygens (including phenoxy) is 1. The van der Waals surface area contributed by atoms with E-state index in [9.17, 15) is 9.59 Å². The molecule has 1 fully saturated rings. The third-order valence-electron chi connectivity index (χ3n) is 3.89. The molecule has 1 aliphatic rings. The van der Waals surface area contributed by atoms with Gasteiger partial charge in [0.2, 0.25) is 11.8 Å². The summed E-state index contributed by atoms with van der Waals surface area (Å²) in [7, 11) is 1.63. The molecule has 22 heavy (non-hydrogen) atoms. The van der Waals surface area contributed by atoms with E-state index in [2.05, 4.69) is 5.32 Å². The summed E-state index contributed by atoms with van der Waals surface area (Å²) in [6.45, 7) is 2.10. The Kier molecular flexibility index (Phi) is 6.25. The third kappa shape index (κ3) is 5.06. The predicted octanol–water partition coefficient (Wildman–Crippen LogP) is 1.76. The van der Waals surface area contributed by atoms with Crippen molar-refractivity contribution in [3.8, 4) is 5.75 Å². The first kappa shape index (κ1) is 16.3. The second kappa shape index (κ2) is 8.41. The Bertz CT molecular complexity index is 510. The molecule has 2 rings (SSSR count). The molecule has 120 valence electrons. The first-order valence-corrected chi connectivity index (χ1v) is 7.86. The van der Waals surface area contributed by atoms with Crippen LogP contribution in [0.15, 0.2) is 24.3 Å². The fourth-order valence-electron chi connectivity index (χ4n) is 2.63. The molecule has 5 heteroatoms. The zero-order valence-corrected chi connectivity index (χ0v) is 13.1. The van der Waals surface area contributed by atoms with Gasteiger partial charge in [-0.1, -0.05) is 12.1 Å². The van der Waals surface area contributed by atoms with Gasteiger partial charge in [0.05, 0.1) is 7.11 Å². The second-order valence-electron chi connectivity index (χ2n) is 5.57. The van der Waals surface area contributed by atoms with Crippen molar-refractivity contribution in [1.82, 2.24) is 10.2 Å². The van der Waals surface area contributed by atoms with Crippen LogP contribution >= 0.6 is 0 Å². The third-order valence-corrected chi connectivity index (χ3v) is 3.89. The number of benzene rings is 1. The van der Waals surface area contributed by atoms with Crippen molar-refractivity contribution in [2.75, 3.05) is 26.7 Å². The van der Waals surface area contributed by atoms with Gasteiger partial charge in [-0.25, -0.2) is 0 Å². The van der Waals surface area contributed by atoms with E-state index in [4.69, 9.17) is 4.74 Å². The number of carbonyl (C=O) groups is 2. The molecule has 1 aromatic rings. The first-order chi connectivity index (χ1) is 10.7. The molecule has 0 aliphatic carbocycles. The molecule has 1 saturated heterocycles. The van der Waals surface area contributed by atoms with Crippen molar-refractivity contribution in [3.63, 3.8) is 0 Å². The van der Waals surface area contributed by atoms with Gasteiger partial charge in [-0.2, -0.15) is 0 Å². The number of carbonyl (C=O) groups excluding carboxylic acids is 2. The molecule has 2 amide bonds. The number of hydrogen-bond acceptors (Lipinski definition) is 3. The Balaban J connectivity index is 1.69. The molecule has 0 aromatic heterocycles. The minimum absolute atomic E-state index is 0.0435. The van der Waals surface area contributed by atoms with Gasteiger partial charge in [-0.15, -0.1) is 0 Å².